The molecule has 0 saturated heterocycles. The van der Waals surface area contributed by atoms with Gasteiger partial charge in [-0.25, -0.2) is 9.59 Å². The van der Waals surface area contributed by atoms with Gasteiger partial charge in [0.05, 0.1) is 12.7 Å². The maximum Gasteiger partial charge on any atom is 0.350 e. The fourth-order valence-corrected chi connectivity index (χ4v) is 3.83. The van der Waals surface area contributed by atoms with Crippen LogP contribution in [0.25, 0.3) is 0 Å². The maximum absolute atomic E-state index is 12.3. The summed E-state index contributed by atoms with van der Waals surface area (Å²) in [6.07, 6.45) is 0. The van der Waals surface area contributed by atoms with Crippen LogP contribution in [0.5, 0.6) is 17.2 Å². The Morgan fingerprint density at radius 3 is 2.33 bits per heavy atom. The number of carbonyl (C=O) groups is 2. The number of rotatable bonds is 2. The van der Waals surface area contributed by atoms with Gasteiger partial charge >= 0.3 is 11.9 Å². The van der Waals surface area contributed by atoms with Crippen molar-refractivity contribution in [1.82, 2.24) is 0 Å². The Morgan fingerprint density at radius 2 is 1.52 bits per heavy atom. The van der Waals surface area contributed by atoms with E-state index in [2.05, 4.69) is 0 Å². The molecule has 1 unspecified atom stereocenters. The van der Waals surface area contributed by atoms with E-state index in [0.29, 0.717) is 11.5 Å². The van der Waals surface area contributed by atoms with Crippen LogP contribution < -0.4 is 9.47 Å². The minimum absolute atomic E-state index is 0.187. The number of methoxy groups -OCH3 is 1. The second-order valence-corrected chi connectivity index (χ2v) is 6.40. The quantitative estimate of drug-likeness (QED) is 0.395. The van der Waals surface area contributed by atoms with Gasteiger partial charge in [0.2, 0.25) is 0 Å². The molecular formula is C22H14O5. The normalized spacial score (nSPS) is 16.7. The number of cyclic esters (lactones) is 2. The highest BCUT2D eigenvalue weighted by Gasteiger charge is 2.39. The first-order valence-electron chi connectivity index (χ1n) is 8.52. The van der Waals surface area contributed by atoms with Crippen molar-refractivity contribution in [1.29, 1.82) is 0 Å². The van der Waals surface area contributed by atoms with Gasteiger partial charge in [0.1, 0.15) is 22.8 Å². The van der Waals surface area contributed by atoms with Crippen molar-refractivity contribution in [3.05, 3.63) is 88.5 Å². The number of ether oxygens (including phenoxy) is 3. The number of hydrogen-bond donors (Lipinski definition) is 0. The van der Waals surface area contributed by atoms with Gasteiger partial charge in [0, 0.05) is 22.6 Å². The summed E-state index contributed by atoms with van der Waals surface area (Å²) in [5.74, 6) is 0.234. The Bertz CT molecular complexity index is 1120. The molecule has 0 bridgehead atoms. The molecule has 27 heavy (non-hydrogen) atoms. The number of carbonyl (C=O) groups excluding carboxylic acids is 2. The van der Waals surface area contributed by atoms with Gasteiger partial charge in [-0.1, -0.05) is 42.5 Å². The first-order chi connectivity index (χ1) is 13.2. The van der Waals surface area contributed by atoms with E-state index < -0.39 is 11.9 Å². The second-order valence-electron chi connectivity index (χ2n) is 6.40. The summed E-state index contributed by atoms with van der Waals surface area (Å²) in [6.45, 7) is 0. The van der Waals surface area contributed by atoms with Crippen LogP contribution in [0.2, 0.25) is 0 Å². The van der Waals surface area contributed by atoms with E-state index in [4.69, 9.17) is 14.2 Å². The number of benzene rings is 3. The number of hydrogen-bond acceptors (Lipinski definition) is 5. The number of esters is 2. The van der Waals surface area contributed by atoms with Crippen molar-refractivity contribution in [2.24, 2.45) is 0 Å². The smallest absolute Gasteiger partial charge is 0.350 e. The molecule has 0 saturated carbocycles. The Hall–Kier alpha value is -3.60. The van der Waals surface area contributed by atoms with Crippen molar-refractivity contribution in [3.63, 3.8) is 0 Å². The molecule has 1 atom stereocenters. The topological polar surface area (TPSA) is 61.8 Å². The molecule has 0 spiro atoms. The molecule has 5 nitrogen and oxygen atoms in total. The van der Waals surface area contributed by atoms with Crippen LogP contribution in [-0.2, 0) is 4.74 Å². The van der Waals surface area contributed by atoms with Crippen LogP contribution in [0.4, 0.5) is 0 Å². The lowest BCUT2D eigenvalue weighted by atomic mass is 9.81. The van der Waals surface area contributed by atoms with Crippen molar-refractivity contribution in [2.75, 3.05) is 7.11 Å². The highest BCUT2D eigenvalue weighted by molar-refractivity contribution is 6.16. The van der Waals surface area contributed by atoms with Crippen molar-refractivity contribution < 1.29 is 23.8 Å². The molecule has 0 fully saturated rings. The van der Waals surface area contributed by atoms with Crippen molar-refractivity contribution in [3.8, 4) is 17.2 Å². The average molecular weight is 358 g/mol. The molecule has 0 aromatic heterocycles. The summed E-state index contributed by atoms with van der Waals surface area (Å²) in [7, 11) is 1.63. The van der Waals surface area contributed by atoms with Crippen molar-refractivity contribution in [2.45, 2.75) is 5.92 Å². The molecule has 3 aromatic rings. The van der Waals surface area contributed by atoms with E-state index in [1.54, 1.807) is 13.2 Å². The lowest BCUT2D eigenvalue weighted by Crippen LogP contribution is -2.15. The highest BCUT2D eigenvalue weighted by atomic mass is 16.6. The van der Waals surface area contributed by atoms with Gasteiger partial charge in [0.25, 0.3) is 0 Å². The van der Waals surface area contributed by atoms with Crippen LogP contribution in [0.3, 0.4) is 0 Å². The molecule has 5 rings (SSSR count). The minimum atomic E-state index is -0.676. The molecule has 0 N–H and O–H groups in total. The van der Waals surface area contributed by atoms with Crippen LogP contribution in [0.15, 0.2) is 60.7 Å². The molecule has 3 aromatic carbocycles. The Balaban J connectivity index is 1.82. The molecule has 0 amide bonds. The van der Waals surface area contributed by atoms with Gasteiger partial charge in [-0.15, -0.1) is 0 Å². The van der Waals surface area contributed by atoms with E-state index in [1.807, 2.05) is 54.6 Å². The molecule has 132 valence electrons. The predicted octanol–water partition coefficient (Wildman–Crippen LogP) is 4.29. The number of para-hydroxylation sites is 2. The molecule has 0 aliphatic carbocycles. The summed E-state index contributed by atoms with van der Waals surface area (Å²) in [4.78, 5) is 24.2. The summed E-state index contributed by atoms with van der Waals surface area (Å²) in [5, 5.41) is 0. The van der Waals surface area contributed by atoms with E-state index in [1.165, 1.54) is 0 Å². The third-order valence-electron chi connectivity index (χ3n) is 5.00. The van der Waals surface area contributed by atoms with Crippen LogP contribution >= 0.6 is 0 Å². The van der Waals surface area contributed by atoms with Crippen LogP contribution in [0, 0.1) is 0 Å². The second kappa shape index (κ2) is 5.71. The summed E-state index contributed by atoms with van der Waals surface area (Å²) in [6, 6.07) is 18.9. The molecule has 2 aliphatic rings. The Morgan fingerprint density at radius 1 is 0.778 bits per heavy atom. The standard InChI is InChI=1S/C22H14O5/c1-25-16-8-4-2-6-12(16)18-13-7-3-5-9-17(13)26-20-14(18)10-11-15-19(20)22(24)27-21(15)23/h2-11,18H,1H3. The van der Waals surface area contributed by atoms with Gasteiger partial charge in [-0.2, -0.15) is 0 Å². The maximum atomic E-state index is 12.3. The van der Waals surface area contributed by atoms with E-state index in [0.717, 1.165) is 22.4 Å². The lowest BCUT2D eigenvalue weighted by Gasteiger charge is -2.30. The lowest BCUT2D eigenvalue weighted by molar-refractivity contribution is 0.0443. The third kappa shape index (κ3) is 2.18. The van der Waals surface area contributed by atoms with Crippen molar-refractivity contribution >= 4 is 11.9 Å². The molecule has 0 radical (unpaired) electrons. The zero-order valence-corrected chi connectivity index (χ0v) is 14.4. The zero-order chi connectivity index (χ0) is 18.5. The molecule has 2 aliphatic heterocycles. The van der Waals surface area contributed by atoms with Gasteiger partial charge in [-0.3, -0.25) is 0 Å². The highest BCUT2D eigenvalue weighted by Crippen LogP contribution is 2.51. The zero-order valence-electron chi connectivity index (χ0n) is 14.4. The summed E-state index contributed by atoms with van der Waals surface area (Å²) in [5.41, 5.74) is 3.13. The monoisotopic (exact) mass is 358 g/mol. The number of fused-ring (bicyclic) bond motifs is 4. The molecule has 5 heteroatoms. The first-order valence-corrected chi connectivity index (χ1v) is 8.52. The van der Waals surface area contributed by atoms with Crippen LogP contribution in [0.1, 0.15) is 43.3 Å². The molecular weight excluding hydrogens is 344 g/mol. The Labute approximate surface area is 155 Å². The average Bonchev–Trinajstić information content (AvgIpc) is 3.00. The predicted molar refractivity (Wildman–Crippen MR) is 96.6 cm³/mol. The Kier molecular flexibility index (Phi) is 3.31. The van der Waals surface area contributed by atoms with Crippen LogP contribution in [-0.4, -0.2) is 19.0 Å². The largest absolute Gasteiger partial charge is 0.496 e. The minimum Gasteiger partial charge on any atom is -0.496 e. The van der Waals surface area contributed by atoms with E-state index in [9.17, 15) is 9.59 Å². The van der Waals surface area contributed by atoms with Gasteiger partial charge in [0.15, 0.2) is 0 Å². The SMILES string of the molecule is COc1ccccc1C1c2ccccc2Oc2c1ccc1c2C(=O)OC1=O. The summed E-state index contributed by atoms with van der Waals surface area (Å²) < 4.78 is 16.4. The van der Waals surface area contributed by atoms with E-state index >= 15 is 0 Å². The van der Waals surface area contributed by atoms with E-state index in [-0.39, 0.29) is 17.0 Å². The third-order valence-corrected chi connectivity index (χ3v) is 5.00. The first kappa shape index (κ1) is 15.6. The van der Waals surface area contributed by atoms with Gasteiger partial charge in [-0.05, 0) is 18.2 Å². The fraction of sp³-hybridized carbons (Fsp3) is 0.0909. The summed E-state index contributed by atoms with van der Waals surface area (Å²) >= 11 is 0. The van der Waals surface area contributed by atoms with Gasteiger partial charge < -0.3 is 14.2 Å². The molecule has 2 heterocycles. The fourth-order valence-electron chi connectivity index (χ4n) is 3.83.